The van der Waals surface area contributed by atoms with Crippen LogP contribution in [0.15, 0.2) is 78.9 Å². The summed E-state index contributed by atoms with van der Waals surface area (Å²) in [5.74, 6) is -0.348. The zero-order valence-corrected chi connectivity index (χ0v) is 19.4. The van der Waals surface area contributed by atoms with Crippen molar-refractivity contribution in [3.63, 3.8) is 0 Å². The van der Waals surface area contributed by atoms with E-state index in [1.54, 1.807) is 25.1 Å². The second kappa shape index (κ2) is 10.5. The molecule has 33 heavy (non-hydrogen) atoms. The summed E-state index contributed by atoms with van der Waals surface area (Å²) >= 11 is 0. The van der Waals surface area contributed by atoms with Gasteiger partial charge in [0, 0.05) is 5.71 Å². The molecule has 0 aliphatic carbocycles. The molecule has 2 unspecified atom stereocenters. The molecule has 3 rings (SSSR count). The number of halogens is 1. The Hall–Kier alpha value is -3.31. The zero-order chi connectivity index (χ0) is 24.0. The van der Waals surface area contributed by atoms with Crippen molar-refractivity contribution in [1.82, 2.24) is 5.32 Å². The van der Waals surface area contributed by atoms with Crippen LogP contribution in [0.4, 0.5) is 4.39 Å². The molecule has 0 heterocycles. The van der Waals surface area contributed by atoms with Crippen LogP contribution in [0.25, 0.3) is 11.1 Å². The molecule has 0 aliphatic rings. The predicted octanol–water partition coefficient (Wildman–Crippen LogP) is 5.20. The van der Waals surface area contributed by atoms with Gasteiger partial charge in [0.2, 0.25) is 5.91 Å². The third-order valence-corrected chi connectivity index (χ3v) is 5.77. The number of benzene rings is 3. The van der Waals surface area contributed by atoms with Crippen molar-refractivity contribution in [2.45, 2.75) is 51.4 Å². The van der Waals surface area contributed by atoms with Gasteiger partial charge in [-0.3, -0.25) is 4.79 Å². The van der Waals surface area contributed by atoms with Crippen molar-refractivity contribution in [1.29, 1.82) is 5.41 Å². The fourth-order valence-corrected chi connectivity index (χ4v) is 3.90. The number of hydrogen-bond donors (Lipinski definition) is 3. The summed E-state index contributed by atoms with van der Waals surface area (Å²) < 4.78 is 14.6. The average Bonchev–Trinajstić information content (AvgIpc) is 2.79. The normalized spacial score (nSPS) is 13.2. The first-order chi connectivity index (χ1) is 15.6. The van der Waals surface area contributed by atoms with Crippen LogP contribution in [0.5, 0.6) is 0 Å². The molecule has 4 N–H and O–H groups in total. The highest BCUT2D eigenvalue weighted by molar-refractivity contribution is 5.91. The Bertz CT molecular complexity index is 1090. The number of carbonyl (C=O) groups excluding carboxylic acids is 1. The van der Waals surface area contributed by atoms with Gasteiger partial charge in [0.1, 0.15) is 5.67 Å². The van der Waals surface area contributed by atoms with Crippen LogP contribution in [-0.4, -0.2) is 23.7 Å². The lowest BCUT2D eigenvalue weighted by molar-refractivity contribution is -0.122. The van der Waals surface area contributed by atoms with Crippen molar-refractivity contribution < 1.29 is 9.18 Å². The summed E-state index contributed by atoms with van der Waals surface area (Å²) in [6.45, 7) is 4.67. The second-order valence-corrected chi connectivity index (χ2v) is 8.95. The van der Waals surface area contributed by atoms with E-state index in [1.165, 1.54) is 13.8 Å². The van der Waals surface area contributed by atoms with E-state index in [0.717, 1.165) is 16.7 Å². The van der Waals surface area contributed by atoms with Crippen LogP contribution in [0.3, 0.4) is 0 Å². The van der Waals surface area contributed by atoms with Crippen molar-refractivity contribution in [2.75, 3.05) is 0 Å². The van der Waals surface area contributed by atoms with E-state index >= 15 is 0 Å². The Labute approximate surface area is 195 Å². The zero-order valence-electron chi connectivity index (χ0n) is 19.4. The van der Waals surface area contributed by atoms with Crippen LogP contribution in [0.1, 0.15) is 37.5 Å². The topological polar surface area (TPSA) is 79.0 Å². The van der Waals surface area contributed by atoms with Crippen molar-refractivity contribution >= 4 is 11.6 Å². The number of hydrogen-bond acceptors (Lipinski definition) is 3. The molecule has 0 saturated heterocycles. The summed E-state index contributed by atoms with van der Waals surface area (Å²) in [5, 5.41) is 11.1. The van der Waals surface area contributed by atoms with Gasteiger partial charge in [-0.05, 0) is 61.4 Å². The summed E-state index contributed by atoms with van der Waals surface area (Å²) in [6, 6.07) is 24.1. The summed E-state index contributed by atoms with van der Waals surface area (Å²) in [5.41, 5.74) is 9.54. The van der Waals surface area contributed by atoms with E-state index in [4.69, 9.17) is 11.1 Å². The van der Waals surface area contributed by atoms with Crippen LogP contribution in [0, 0.1) is 5.41 Å². The Morgan fingerprint density at radius 3 is 2.12 bits per heavy atom. The molecule has 5 heteroatoms. The van der Waals surface area contributed by atoms with E-state index in [0.29, 0.717) is 23.3 Å². The van der Waals surface area contributed by atoms with E-state index in [1.807, 2.05) is 48.5 Å². The van der Waals surface area contributed by atoms with Crippen LogP contribution < -0.4 is 11.1 Å². The van der Waals surface area contributed by atoms with E-state index in [-0.39, 0.29) is 12.3 Å². The smallest absolute Gasteiger partial charge is 0.237 e. The van der Waals surface area contributed by atoms with Crippen molar-refractivity contribution in [2.24, 2.45) is 5.73 Å². The number of nitrogens with two attached hydrogens (primary N) is 1. The Kier molecular flexibility index (Phi) is 7.77. The molecule has 0 fully saturated rings. The minimum atomic E-state index is -1.52. The molecule has 3 aromatic carbocycles. The van der Waals surface area contributed by atoms with Gasteiger partial charge in [-0.25, -0.2) is 4.39 Å². The van der Waals surface area contributed by atoms with Crippen LogP contribution in [-0.2, 0) is 23.3 Å². The van der Waals surface area contributed by atoms with E-state index < -0.39 is 17.8 Å². The molecular weight excluding hydrogens is 413 g/mol. The first kappa shape index (κ1) is 24.3. The van der Waals surface area contributed by atoms with Crippen LogP contribution >= 0.6 is 0 Å². The number of rotatable bonds is 9. The average molecular weight is 446 g/mol. The highest BCUT2D eigenvalue weighted by Crippen LogP contribution is 2.28. The molecule has 0 bridgehead atoms. The standard InChI is InChI=1S/C28H32FN3O/c1-19(30)26(17-20-13-15-22(16-14-20)21-9-5-4-6-10-21)32-27(33)25(31)18-23-11-7-8-12-24(23)28(2,3)29/h4-16,25-26,30H,17-18,31H2,1-3H3,(H,32,33). The largest absolute Gasteiger partial charge is 0.346 e. The molecule has 1 amide bonds. The molecule has 0 radical (unpaired) electrons. The maximum atomic E-state index is 14.6. The number of nitrogens with one attached hydrogen (secondary N) is 2. The molecule has 0 saturated carbocycles. The molecular formula is C28H32FN3O. The van der Waals surface area contributed by atoms with Gasteiger partial charge in [0.05, 0.1) is 12.1 Å². The highest BCUT2D eigenvalue weighted by Gasteiger charge is 2.25. The molecule has 3 aromatic rings. The van der Waals surface area contributed by atoms with Gasteiger partial charge < -0.3 is 16.5 Å². The van der Waals surface area contributed by atoms with Crippen LogP contribution in [0.2, 0.25) is 0 Å². The first-order valence-corrected chi connectivity index (χ1v) is 11.2. The van der Waals surface area contributed by atoms with Gasteiger partial charge in [-0.2, -0.15) is 0 Å². The lowest BCUT2D eigenvalue weighted by Crippen LogP contribution is -2.49. The quantitative estimate of drug-likeness (QED) is 0.396. The molecule has 172 valence electrons. The monoisotopic (exact) mass is 445 g/mol. The first-order valence-electron chi connectivity index (χ1n) is 11.2. The molecule has 0 aromatic heterocycles. The number of alkyl halides is 1. The SMILES string of the molecule is CC(=N)C(Cc1ccc(-c2ccccc2)cc1)NC(=O)C(N)Cc1ccccc1C(C)(C)F. The number of carbonyl (C=O) groups is 1. The summed E-state index contributed by atoms with van der Waals surface area (Å²) in [6.07, 6.45) is 0.724. The highest BCUT2D eigenvalue weighted by atomic mass is 19.1. The van der Waals surface area contributed by atoms with Gasteiger partial charge in [0.15, 0.2) is 0 Å². The third-order valence-electron chi connectivity index (χ3n) is 5.77. The maximum Gasteiger partial charge on any atom is 0.237 e. The van der Waals surface area contributed by atoms with E-state index in [2.05, 4.69) is 17.4 Å². The minimum Gasteiger partial charge on any atom is -0.346 e. The van der Waals surface area contributed by atoms with Crippen molar-refractivity contribution in [3.8, 4) is 11.1 Å². The lowest BCUT2D eigenvalue weighted by atomic mass is 9.91. The summed E-state index contributed by atoms with van der Waals surface area (Å²) in [4.78, 5) is 12.8. The molecule has 0 aliphatic heterocycles. The molecule has 2 atom stereocenters. The second-order valence-electron chi connectivity index (χ2n) is 8.95. The van der Waals surface area contributed by atoms with Gasteiger partial charge >= 0.3 is 0 Å². The predicted molar refractivity (Wildman–Crippen MR) is 133 cm³/mol. The molecule has 4 nitrogen and oxygen atoms in total. The maximum absolute atomic E-state index is 14.6. The van der Waals surface area contributed by atoms with Gasteiger partial charge in [-0.15, -0.1) is 0 Å². The number of amides is 1. The van der Waals surface area contributed by atoms with E-state index in [9.17, 15) is 9.18 Å². The minimum absolute atomic E-state index is 0.227. The van der Waals surface area contributed by atoms with Gasteiger partial charge in [0.25, 0.3) is 0 Å². The fourth-order valence-electron chi connectivity index (χ4n) is 3.90. The fraction of sp³-hybridized carbons (Fsp3) is 0.286. The molecule has 0 spiro atoms. The van der Waals surface area contributed by atoms with Crippen molar-refractivity contribution in [3.05, 3.63) is 95.6 Å². The Morgan fingerprint density at radius 1 is 0.939 bits per heavy atom. The Balaban J connectivity index is 1.66. The third kappa shape index (κ3) is 6.59. The summed E-state index contributed by atoms with van der Waals surface area (Å²) in [7, 11) is 0. The lowest BCUT2D eigenvalue weighted by Gasteiger charge is -2.23. The van der Waals surface area contributed by atoms with Gasteiger partial charge in [-0.1, -0.05) is 78.9 Å². The Morgan fingerprint density at radius 2 is 1.52 bits per heavy atom.